The molecule has 1 unspecified atom stereocenters. The fourth-order valence-corrected chi connectivity index (χ4v) is 1.78. The number of nitrogens with one attached hydrogen (secondary N) is 1. The van der Waals surface area contributed by atoms with Crippen LogP contribution in [0.4, 0.5) is 0 Å². The maximum atomic E-state index is 10.8. The highest BCUT2D eigenvalue weighted by atomic mass is 16.5. The summed E-state index contributed by atoms with van der Waals surface area (Å²) in [7, 11) is 1.64. The molecule has 17 heavy (non-hydrogen) atoms. The van der Waals surface area contributed by atoms with Crippen LogP contribution in [0.3, 0.4) is 0 Å². The first-order chi connectivity index (χ1) is 8.20. The predicted molar refractivity (Wildman–Crippen MR) is 61.4 cm³/mol. The van der Waals surface area contributed by atoms with E-state index in [4.69, 9.17) is 14.6 Å². The number of aromatic carboxylic acids is 1. The van der Waals surface area contributed by atoms with Gasteiger partial charge in [-0.2, -0.15) is 0 Å². The highest BCUT2D eigenvalue weighted by molar-refractivity contribution is 5.88. The van der Waals surface area contributed by atoms with Crippen LogP contribution in [0.25, 0.3) is 0 Å². The standard InChI is InChI=1S/C12H15NO4/c1-16-6-10-7-17-11-4-8(12(14)15)2-3-9(11)5-13-10/h2-4,10,13H,5-7H2,1H3,(H,14,15). The Balaban J connectivity index is 2.16. The summed E-state index contributed by atoms with van der Waals surface area (Å²) < 4.78 is 10.7. The van der Waals surface area contributed by atoms with Crippen LogP contribution in [0.2, 0.25) is 0 Å². The summed E-state index contributed by atoms with van der Waals surface area (Å²) in [5.74, 6) is -0.307. The van der Waals surface area contributed by atoms with Gasteiger partial charge in [0.15, 0.2) is 0 Å². The van der Waals surface area contributed by atoms with E-state index >= 15 is 0 Å². The van der Waals surface area contributed by atoms with Crippen molar-refractivity contribution in [3.8, 4) is 5.75 Å². The van der Waals surface area contributed by atoms with Crippen molar-refractivity contribution in [2.24, 2.45) is 0 Å². The molecule has 2 N–H and O–H groups in total. The van der Waals surface area contributed by atoms with Gasteiger partial charge >= 0.3 is 5.97 Å². The van der Waals surface area contributed by atoms with E-state index in [9.17, 15) is 4.79 Å². The van der Waals surface area contributed by atoms with Crippen molar-refractivity contribution in [2.45, 2.75) is 12.6 Å². The zero-order valence-corrected chi connectivity index (χ0v) is 9.60. The summed E-state index contributed by atoms with van der Waals surface area (Å²) in [6.45, 7) is 1.70. The number of ether oxygens (including phenoxy) is 2. The van der Waals surface area contributed by atoms with E-state index in [2.05, 4.69) is 5.32 Å². The van der Waals surface area contributed by atoms with Gasteiger partial charge in [0.25, 0.3) is 0 Å². The first kappa shape index (κ1) is 11.9. The largest absolute Gasteiger partial charge is 0.492 e. The van der Waals surface area contributed by atoms with Crippen LogP contribution < -0.4 is 10.1 Å². The minimum Gasteiger partial charge on any atom is -0.492 e. The van der Waals surface area contributed by atoms with Crippen LogP contribution in [0, 0.1) is 0 Å². The van der Waals surface area contributed by atoms with Crippen molar-refractivity contribution < 1.29 is 19.4 Å². The third-order valence-corrected chi connectivity index (χ3v) is 2.70. The van der Waals surface area contributed by atoms with E-state index in [1.165, 1.54) is 0 Å². The van der Waals surface area contributed by atoms with E-state index in [1.54, 1.807) is 25.3 Å². The Kier molecular flexibility index (Phi) is 3.61. The molecular formula is C12H15NO4. The van der Waals surface area contributed by atoms with Crippen molar-refractivity contribution in [1.29, 1.82) is 0 Å². The zero-order chi connectivity index (χ0) is 12.3. The molecule has 1 aliphatic heterocycles. The van der Waals surface area contributed by atoms with Gasteiger partial charge in [-0.25, -0.2) is 4.79 Å². The van der Waals surface area contributed by atoms with Crippen LogP contribution >= 0.6 is 0 Å². The highest BCUT2D eigenvalue weighted by Crippen LogP contribution is 2.23. The fourth-order valence-electron chi connectivity index (χ4n) is 1.78. The van der Waals surface area contributed by atoms with Crippen LogP contribution in [-0.4, -0.2) is 37.4 Å². The first-order valence-corrected chi connectivity index (χ1v) is 5.42. The van der Waals surface area contributed by atoms with Crippen LogP contribution in [0.5, 0.6) is 5.75 Å². The molecule has 1 heterocycles. The Morgan fingerprint density at radius 2 is 2.47 bits per heavy atom. The molecule has 92 valence electrons. The lowest BCUT2D eigenvalue weighted by molar-refractivity contribution is 0.0696. The van der Waals surface area contributed by atoms with Gasteiger partial charge < -0.3 is 19.9 Å². The second kappa shape index (κ2) is 5.16. The quantitative estimate of drug-likeness (QED) is 0.817. The summed E-state index contributed by atoms with van der Waals surface area (Å²) in [6.07, 6.45) is 0. The number of rotatable bonds is 3. The number of hydrogen-bond acceptors (Lipinski definition) is 4. The lowest BCUT2D eigenvalue weighted by Crippen LogP contribution is -2.35. The third-order valence-electron chi connectivity index (χ3n) is 2.70. The number of carboxylic acid groups (broad SMARTS) is 1. The Morgan fingerprint density at radius 3 is 3.18 bits per heavy atom. The maximum absolute atomic E-state index is 10.8. The van der Waals surface area contributed by atoms with Gasteiger partial charge in [0.05, 0.1) is 18.2 Å². The van der Waals surface area contributed by atoms with Crippen molar-refractivity contribution in [3.05, 3.63) is 29.3 Å². The summed E-state index contributed by atoms with van der Waals surface area (Å²) in [5, 5.41) is 12.2. The molecular weight excluding hydrogens is 222 g/mol. The van der Waals surface area contributed by atoms with Gasteiger partial charge in [-0.15, -0.1) is 0 Å². The van der Waals surface area contributed by atoms with Crippen molar-refractivity contribution in [2.75, 3.05) is 20.3 Å². The van der Waals surface area contributed by atoms with E-state index in [1.807, 2.05) is 0 Å². The zero-order valence-electron chi connectivity index (χ0n) is 9.60. The number of carboxylic acids is 1. The Bertz CT molecular complexity index is 419. The van der Waals surface area contributed by atoms with Gasteiger partial charge in [-0.1, -0.05) is 6.07 Å². The minimum absolute atomic E-state index is 0.126. The molecule has 0 fully saturated rings. The Labute approximate surface area is 99.3 Å². The lowest BCUT2D eigenvalue weighted by Gasteiger charge is -2.13. The van der Waals surface area contributed by atoms with Gasteiger partial charge in [0, 0.05) is 19.2 Å². The van der Waals surface area contributed by atoms with Crippen molar-refractivity contribution in [3.63, 3.8) is 0 Å². The molecule has 1 aromatic rings. The molecule has 0 spiro atoms. The summed E-state index contributed by atoms with van der Waals surface area (Å²) in [5.41, 5.74) is 1.21. The average molecular weight is 237 g/mol. The van der Waals surface area contributed by atoms with Crippen molar-refractivity contribution >= 4 is 5.97 Å². The highest BCUT2D eigenvalue weighted by Gasteiger charge is 2.17. The van der Waals surface area contributed by atoms with Crippen LogP contribution in [0.15, 0.2) is 18.2 Å². The lowest BCUT2D eigenvalue weighted by atomic mass is 10.1. The molecule has 0 amide bonds. The third kappa shape index (κ3) is 2.75. The normalized spacial score (nSPS) is 19.0. The first-order valence-electron chi connectivity index (χ1n) is 5.42. The Hall–Kier alpha value is -1.59. The summed E-state index contributed by atoms with van der Waals surface area (Å²) in [4.78, 5) is 10.8. The molecule has 0 bridgehead atoms. The maximum Gasteiger partial charge on any atom is 0.335 e. The van der Waals surface area contributed by atoms with E-state index in [0.717, 1.165) is 5.56 Å². The topological polar surface area (TPSA) is 67.8 Å². The van der Waals surface area contributed by atoms with Gasteiger partial charge in [0.1, 0.15) is 12.4 Å². The average Bonchev–Trinajstić information content (AvgIpc) is 2.52. The molecule has 0 radical (unpaired) electrons. The van der Waals surface area contributed by atoms with Gasteiger partial charge in [-0.05, 0) is 12.1 Å². The van der Waals surface area contributed by atoms with E-state index in [-0.39, 0.29) is 11.6 Å². The number of carbonyl (C=O) groups is 1. The second-order valence-corrected chi connectivity index (χ2v) is 3.97. The molecule has 0 aliphatic carbocycles. The minimum atomic E-state index is -0.943. The van der Waals surface area contributed by atoms with Crippen LogP contribution in [-0.2, 0) is 11.3 Å². The summed E-state index contributed by atoms with van der Waals surface area (Å²) in [6, 6.07) is 5.05. The molecule has 1 aliphatic rings. The predicted octanol–water partition coefficient (Wildman–Crippen LogP) is 0.882. The smallest absolute Gasteiger partial charge is 0.335 e. The fraction of sp³-hybridized carbons (Fsp3) is 0.417. The summed E-state index contributed by atoms with van der Waals surface area (Å²) >= 11 is 0. The molecule has 0 saturated carbocycles. The molecule has 0 aromatic heterocycles. The molecule has 0 saturated heterocycles. The van der Waals surface area contributed by atoms with Crippen molar-refractivity contribution in [1.82, 2.24) is 5.32 Å². The monoisotopic (exact) mass is 237 g/mol. The van der Waals surface area contributed by atoms with E-state index in [0.29, 0.717) is 25.5 Å². The Morgan fingerprint density at radius 1 is 1.65 bits per heavy atom. The molecule has 1 aromatic carbocycles. The van der Waals surface area contributed by atoms with Gasteiger partial charge in [0.2, 0.25) is 0 Å². The molecule has 1 atom stereocenters. The number of fused-ring (bicyclic) bond motifs is 1. The number of methoxy groups -OCH3 is 1. The SMILES string of the molecule is COCC1COc2cc(C(=O)O)ccc2CN1. The number of hydrogen-bond donors (Lipinski definition) is 2. The van der Waals surface area contributed by atoms with E-state index < -0.39 is 5.97 Å². The van der Waals surface area contributed by atoms with Gasteiger partial charge in [-0.3, -0.25) is 0 Å². The molecule has 5 heteroatoms. The molecule has 5 nitrogen and oxygen atoms in total. The number of benzene rings is 1. The molecule has 2 rings (SSSR count). The van der Waals surface area contributed by atoms with Crippen LogP contribution in [0.1, 0.15) is 15.9 Å². The second-order valence-electron chi connectivity index (χ2n) is 3.97.